The first-order chi connectivity index (χ1) is 3.31. The number of alkyl halides is 2. The molecule has 0 rings (SSSR count). The first-order valence-electron chi connectivity index (χ1n) is 1.58. The van der Waals surface area contributed by atoms with E-state index in [1.54, 1.807) is 0 Å². The van der Waals surface area contributed by atoms with Crippen LogP contribution in [-0.2, 0) is 4.79 Å². The second kappa shape index (κ2) is 4.50. The highest BCUT2D eigenvalue weighted by molar-refractivity contribution is 9.12. The fourth-order valence-electron chi connectivity index (χ4n) is 0.0917. The van der Waals surface area contributed by atoms with Crippen LogP contribution in [0.5, 0.6) is 0 Å². The quantitative estimate of drug-likeness (QED) is 0.305. The van der Waals surface area contributed by atoms with Crippen LogP contribution in [0.3, 0.4) is 0 Å². The minimum Gasteiger partial charge on any atom is -0.211 e. The van der Waals surface area contributed by atoms with Gasteiger partial charge in [-0.15, -0.1) is 0 Å². The van der Waals surface area contributed by atoms with Crippen molar-refractivity contribution in [2.75, 3.05) is 5.33 Å². The van der Waals surface area contributed by atoms with Crippen LogP contribution in [0.25, 0.3) is 0 Å². The van der Waals surface area contributed by atoms with E-state index in [4.69, 9.17) is 0 Å². The molecule has 0 radical (unpaired) electrons. The Morgan fingerprint density at radius 1 is 1.86 bits per heavy atom. The zero-order chi connectivity index (χ0) is 5.70. The van der Waals surface area contributed by atoms with E-state index in [0.717, 1.165) is 0 Å². The Kier molecular flexibility index (Phi) is 4.72. The number of isocyanates is 1. The van der Waals surface area contributed by atoms with Gasteiger partial charge in [0.05, 0.1) is 0 Å². The van der Waals surface area contributed by atoms with Gasteiger partial charge in [-0.2, -0.15) is 4.99 Å². The molecule has 0 saturated heterocycles. The monoisotopic (exact) mass is 227 g/mol. The summed E-state index contributed by atoms with van der Waals surface area (Å²) in [6.07, 6.45) is 1.42. The van der Waals surface area contributed by atoms with Crippen LogP contribution in [0.1, 0.15) is 0 Å². The van der Waals surface area contributed by atoms with Gasteiger partial charge >= 0.3 is 0 Å². The van der Waals surface area contributed by atoms with Gasteiger partial charge in [0.1, 0.15) is 4.95 Å². The fourth-order valence-corrected chi connectivity index (χ4v) is 0.320. The van der Waals surface area contributed by atoms with E-state index in [1.807, 2.05) is 0 Å². The Labute approximate surface area is 58.3 Å². The molecule has 2 nitrogen and oxygen atoms in total. The Morgan fingerprint density at radius 3 is 2.57 bits per heavy atom. The molecule has 0 aromatic carbocycles. The second-order valence-electron chi connectivity index (χ2n) is 0.809. The summed E-state index contributed by atoms with van der Waals surface area (Å²) in [5.41, 5.74) is 0. The number of aliphatic imine (C=N–C) groups is 1. The lowest BCUT2D eigenvalue weighted by Gasteiger charge is -1.87. The molecule has 0 N–H and O–H groups in total. The Bertz CT molecular complexity index is 88.9. The molecule has 0 aliphatic rings. The van der Waals surface area contributed by atoms with Crippen LogP contribution in [0, 0.1) is 0 Å². The largest absolute Gasteiger partial charge is 0.236 e. The number of nitrogens with zero attached hydrogens (tertiary/aromatic N) is 1. The molecule has 0 bridgehead atoms. The lowest BCUT2D eigenvalue weighted by atomic mass is 10.8. The smallest absolute Gasteiger partial charge is 0.211 e. The van der Waals surface area contributed by atoms with E-state index in [2.05, 4.69) is 36.9 Å². The minimum absolute atomic E-state index is 0.120. The molecule has 0 aliphatic carbocycles. The van der Waals surface area contributed by atoms with Crippen molar-refractivity contribution in [2.45, 2.75) is 4.95 Å². The Morgan fingerprint density at radius 2 is 2.43 bits per heavy atom. The van der Waals surface area contributed by atoms with Gasteiger partial charge in [-0.05, 0) is 0 Å². The van der Waals surface area contributed by atoms with Crippen LogP contribution in [0.4, 0.5) is 0 Å². The summed E-state index contributed by atoms with van der Waals surface area (Å²) >= 11 is 6.16. The number of hydrogen-bond donors (Lipinski definition) is 0. The van der Waals surface area contributed by atoms with E-state index >= 15 is 0 Å². The van der Waals surface area contributed by atoms with Crippen LogP contribution >= 0.6 is 31.9 Å². The fraction of sp³-hybridized carbons (Fsp3) is 0.667. The molecular formula is C3H3Br2NO. The number of rotatable bonds is 2. The molecule has 0 aliphatic heterocycles. The summed E-state index contributed by atoms with van der Waals surface area (Å²) in [7, 11) is 0. The maximum absolute atomic E-state index is 9.43. The third-order valence-electron chi connectivity index (χ3n) is 0.320. The molecule has 1 atom stereocenters. The van der Waals surface area contributed by atoms with E-state index in [1.165, 1.54) is 6.08 Å². The standard InChI is InChI=1S/C3H3Br2NO/c4-1-3(5)6-2-7/h3H,1H2. The van der Waals surface area contributed by atoms with Gasteiger partial charge in [-0.3, -0.25) is 0 Å². The third kappa shape index (κ3) is 4.19. The molecule has 40 valence electrons. The maximum atomic E-state index is 9.43. The Balaban J connectivity index is 3.35. The predicted molar refractivity (Wildman–Crippen MR) is 34.6 cm³/mol. The summed E-state index contributed by atoms with van der Waals surface area (Å²) < 4.78 is 0. The molecule has 0 aromatic heterocycles. The van der Waals surface area contributed by atoms with Gasteiger partial charge in [0.15, 0.2) is 0 Å². The highest BCUT2D eigenvalue weighted by atomic mass is 79.9. The minimum atomic E-state index is -0.120. The van der Waals surface area contributed by atoms with Crippen molar-refractivity contribution in [2.24, 2.45) is 4.99 Å². The van der Waals surface area contributed by atoms with Crippen molar-refractivity contribution in [3.8, 4) is 0 Å². The van der Waals surface area contributed by atoms with Crippen molar-refractivity contribution in [1.29, 1.82) is 0 Å². The van der Waals surface area contributed by atoms with Crippen molar-refractivity contribution < 1.29 is 4.79 Å². The first-order valence-corrected chi connectivity index (χ1v) is 3.62. The average Bonchev–Trinajstić information content (AvgIpc) is 1.68. The van der Waals surface area contributed by atoms with Gasteiger partial charge in [0, 0.05) is 5.33 Å². The lowest BCUT2D eigenvalue weighted by Crippen LogP contribution is -1.90. The molecule has 7 heavy (non-hydrogen) atoms. The van der Waals surface area contributed by atoms with E-state index in [-0.39, 0.29) is 4.95 Å². The van der Waals surface area contributed by atoms with Gasteiger partial charge in [0.2, 0.25) is 6.08 Å². The van der Waals surface area contributed by atoms with E-state index in [9.17, 15) is 4.79 Å². The summed E-state index contributed by atoms with van der Waals surface area (Å²) in [6, 6.07) is 0. The van der Waals surface area contributed by atoms with E-state index < -0.39 is 0 Å². The number of halogens is 2. The highest BCUT2D eigenvalue weighted by Gasteiger charge is 1.92. The Hall–Kier alpha value is 0.340. The summed E-state index contributed by atoms with van der Waals surface area (Å²) in [5, 5.41) is 0.641. The SMILES string of the molecule is O=C=NC(Br)CBr. The molecule has 0 fully saturated rings. The lowest BCUT2D eigenvalue weighted by molar-refractivity contribution is 0.563. The molecule has 0 aromatic rings. The molecular weight excluding hydrogens is 226 g/mol. The predicted octanol–water partition coefficient (Wildman–Crippen LogP) is 1.44. The van der Waals surface area contributed by atoms with Crippen molar-refractivity contribution >= 4 is 37.9 Å². The van der Waals surface area contributed by atoms with Crippen LogP contribution < -0.4 is 0 Å². The molecule has 0 amide bonds. The van der Waals surface area contributed by atoms with Crippen LogP contribution in [0.15, 0.2) is 4.99 Å². The molecule has 0 heterocycles. The van der Waals surface area contributed by atoms with Gasteiger partial charge in [-0.1, -0.05) is 31.9 Å². The molecule has 0 saturated carbocycles. The number of hydrogen-bond acceptors (Lipinski definition) is 2. The molecule has 1 unspecified atom stereocenters. The van der Waals surface area contributed by atoms with Crippen molar-refractivity contribution in [1.82, 2.24) is 0 Å². The zero-order valence-electron chi connectivity index (χ0n) is 3.40. The summed E-state index contributed by atoms with van der Waals surface area (Å²) in [4.78, 5) is 12.6. The molecule has 0 spiro atoms. The normalized spacial score (nSPS) is 12.3. The third-order valence-corrected chi connectivity index (χ3v) is 2.33. The van der Waals surface area contributed by atoms with E-state index in [0.29, 0.717) is 5.33 Å². The highest BCUT2D eigenvalue weighted by Crippen LogP contribution is 2.02. The summed E-state index contributed by atoms with van der Waals surface area (Å²) in [5.74, 6) is 0. The first kappa shape index (κ1) is 7.34. The average molecular weight is 229 g/mol. The van der Waals surface area contributed by atoms with Crippen LogP contribution in [-0.4, -0.2) is 16.4 Å². The van der Waals surface area contributed by atoms with Crippen molar-refractivity contribution in [3.05, 3.63) is 0 Å². The van der Waals surface area contributed by atoms with Gasteiger partial charge in [-0.25, -0.2) is 4.79 Å². The topological polar surface area (TPSA) is 29.4 Å². The number of carbonyl (C=O) groups excluding carboxylic acids is 1. The summed E-state index contributed by atoms with van der Waals surface area (Å²) in [6.45, 7) is 0. The van der Waals surface area contributed by atoms with Crippen LogP contribution in [0.2, 0.25) is 0 Å². The van der Waals surface area contributed by atoms with Gasteiger partial charge < -0.3 is 0 Å². The second-order valence-corrected chi connectivity index (χ2v) is 2.51. The maximum Gasteiger partial charge on any atom is 0.236 e. The molecule has 4 heteroatoms. The van der Waals surface area contributed by atoms with Crippen molar-refractivity contribution in [3.63, 3.8) is 0 Å². The van der Waals surface area contributed by atoms with Gasteiger partial charge in [0.25, 0.3) is 0 Å². The zero-order valence-corrected chi connectivity index (χ0v) is 6.57.